The number of para-hydroxylation sites is 1. The summed E-state index contributed by atoms with van der Waals surface area (Å²) >= 11 is 1.62. The Hall–Kier alpha value is -1.94. The van der Waals surface area contributed by atoms with E-state index in [1.807, 2.05) is 43.5 Å². The summed E-state index contributed by atoms with van der Waals surface area (Å²) in [6.45, 7) is 2.32. The number of amides is 1. The maximum Gasteiger partial charge on any atom is 0.254 e. The minimum absolute atomic E-state index is 0.0355. The van der Waals surface area contributed by atoms with E-state index in [-0.39, 0.29) is 11.7 Å². The van der Waals surface area contributed by atoms with Crippen molar-refractivity contribution in [2.45, 2.75) is 18.4 Å². The van der Waals surface area contributed by atoms with Crippen molar-refractivity contribution in [3.63, 3.8) is 0 Å². The topological polar surface area (TPSA) is 40.5 Å². The molecule has 0 unspecified atom stereocenters. The lowest BCUT2D eigenvalue weighted by molar-refractivity contribution is 0.0783. The number of aryl methyl sites for hydroxylation is 1. The van der Waals surface area contributed by atoms with Gasteiger partial charge in [-0.15, -0.1) is 11.8 Å². The lowest BCUT2D eigenvalue weighted by atomic mass is 10.1. The largest absolute Gasteiger partial charge is 0.508 e. The van der Waals surface area contributed by atoms with E-state index in [1.54, 1.807) is 35.8 Å². The molecule has 0 saturated heterocycles. The molecule has 0 atom stereocenters. The molecule has 3 nitrogen and oxygen atoms in total. The van der Waals surface area contributed by atoms with Gasteiger partial charge in [0.2, 0.25) is 0 Å². The van der Waals surface area contributed by atoms with Crippen LogP contribution in [0.25, 0.3) is 0 Å². The molecular weight excluding hydrogens is 282 g/mol. The number of benzene rings is 2. The van der Waals surface area contributed by atoms with Gasteiger partial charge in [0, 0.05) is 29.6 Å². The molecule has 0 heterocycles. The van der Waals surface area contributed by atoms with Crippen LogP contribution in [0.5, 0.6) is 5.75 Å². The van der Waals surface area contributed by atoms with Crippen LogP contribution in [0.2, 0.25) is 0 Å². The van der Waals surface area contributed by atoms with Gasteiger partial charge in [0.15, 0.2) is 0 Å². The van der Waals surface area contributed by atoms with E-state index in [2.05, 4.69) is 0 Å². The highest BCUT2D eigenvalue weighted by molar-refractivity contribution is 7.98. The first kappa shape index (κ1) is 15.4. The average molecular weight is 301 g/mol. The van der Waals surface area contributed by atoms with Gasteiger partial charge in [0.05, 0.1) is 0 Å². The highest BCUT2D eigenvalue weighted by atomic mass is 32.2. The van der Waals surface area contributed by atoms with Crippen LogP contribution in [-0.4, -0.2) is 29.2 Å². The lowest BCUT2D eigenvalue weighted by Crippen LogP contribution is -2.26. The van der Waals surface area contributed by atoms with Gasteiger partial charge in [-0.05, 0) is 36.9 Å². The van der Waals surface area contributed by atoms with E-state index < -0.39 is 0 Å². The minimum Gasteiger partial charge on any atom is -0.508 e. The number of thioether (sulfide) groups is 1. The molecule has 2 rings (SSSR count). The predicted octanol–water partition coefficient (Wildman–Crippen LogP) is 3.69. The van der Waals surface area contributed by atoms with Crippen molar-refractivity contribution in [3.05, 3.63) is 59.2 Å². The standard InChI is InChI=1S/C17H19NO2S/c1-12-8-9-14(21-3)10-15(12)17(20)18(2)11-13-6-4-5-7-16(13)19/h4-10,19H,11H2,1-3H3. The van der Waals surface area contributed by atoms with Gasteiger partial charge in [-0.2, -0.15) is 0 Å². The molecule has 0 spiro atoms. The van der Waals surface area contributed by atoms with E-state index in [4.69, 9.17) is 0 Å². The second kappa shape index (κ2) is 6.68. The third-order valence-electron chi connectivity index (χ3n) is 3.42. The normalized spacial score (nSPS) is 10.4. The average Bonchev–Trinajstić information content (AvgIpc) is 2.49. The van der Waals surface area contributed by atoms with Gasteiger partial charge in [-0.25, -0.2) is 0 Å². The Labute approximate surface area is 129 Å². The Balaban J connectivity index is 2.22. The van der Waals surface area contributed by atoms with Crippen LogP contribution in [0.15, 0.2) is 47.4 Å². The monoisotopic (exact) mass is 301 g/mol. The van der Waals surface area contributed by atoms with Gasteiger partial charge in [0.1, 0.15) is 5.75 Å². The fourth-order valence-corrected chi connectivity index (χ4v) is 2.58. The van der Waals surface area contributed by atoms with Crippen molar-refractivity contribution in [1.29, 1.82) is 0 Å². The molecule has 110 valence electrons. The summed E-state index contributed by atoms with van der Waals surface area (Å²) in [5, 5.41) is 9.81. The summed E-state index contributed by atoms with van der Waals surface area (Å²) in [5.74, 6) is 0.179. The maximum atomic E-state index is 12.6. The van der Waals surface area contributed by atoms with E-state index >= 15 is 0 Å². The quantitative estimate of drug-likeness (QED) is 0.876. The van der Waals surface area contributed by atoms with Crippen molar-refractivity contribution in [1.82, 2.24) is 4.90 Å². The third-order valence-corrected chi connectivity index (χ3v) is 4.15. The molecule has 2 aromatic rings. The van der Waals surface area contributed by atoms with Crippen LogP contribution < -0.4 is 0 Å². The molecule has 2 aromatic carbocycles. The first-order chi connectivity index (χ1) is 10.0. The van der Waals surface area contributed by atoms with Crippen molar-refractivity contribution in [2.75, 3.05) is 13.3 Å². The summed E-state index contributed by atoms with van der Waals surface area (Å²) in [6.07, 6.45) is 1.99. The Kier molecular flexibility index (Phi) is 4.91. The maximum absolute atomic E-state index is 12.6. The van der Waals surface area contributed by atoms with E-state index in [0.717, 1.165) is 16.0 Å². The number of carbonyl (C=O) groups excluding carboxylic acids is 1. The molecule has 0 aromatic heterocycles. The van der Waals surface area contributed by atoms with E-state index in [1.165, 1.54) is 0 Å². The Morgan fingerprint density at radius 1 is 1.24 bits per heavy atom. The summed E-state index contributed by atoms with van der Waals surface area (Å²) in [7, 11) is 1.75. The molecule has 0 aliphatic rings. The number of phenolic OH excluding ortho intramolecular Hbond substituents is 1. The number of aromatic hydroxyl groups is 1. The molecule has 0 aliphatic heterocycles. The first-order valence-electron chi connectivity index (χ1n) is 6.70. The van der Waals surface area contributed by atoms with Gasteiger partial charge in [-0.1, -0.05) is 24.3 Å². The Morgan fingerprint density at radius 2 is 1.95 bits per heavy atom. The highest BCUT2D eigenvalue weighted by Crippen LogP contribution is 2.22. The molecule has 1 amide bonds. The van der Waals surface area contributed by atoms with Gasteiger partial charge in [0.25, 0.3) is 5.91 Å². The summed E-state index contributed by atoms with van der Waals surface area (Å²) < 4.78 is 0. The smallest absolute Gasteiger partial charge is 0.254 e. The first-order valence-corrected chi connectivity index (χ1v) is 7.92. The van der Waals surface area contributed by atoms with Crippen LogP contribution in [0, 0.1) is 6.92 Å². The lowest BCUT2D eigenvalue weighted by Gasteiger charge is -2.19. The van der Waals surface area contributed by atoms with Crippen molar-refractivity contribution in [2.24, 2.45) is 0 Å². The van der Waals surface area contributed by atoms with Crippen molar-refractivity contribution in [3.8, 4) is 5.75 Å². The second-order valence-corrected chi connectivity index (χ2v) is 5.85. The fourth-order valence-electron chi connectivity index (χ4n) is 2.14. The molecule has 0 aliphatic carbocycles. The molecule has 4 heteroatoms. The molecule has 21 heavy (non-hydrogen) atoms. The van der Waals surface area contributed by atoms with Gasteiger partial charge >= 0.3 is 0 Å². The SMILES string of the molecule is CSc1ccc(C)c(C(=O)N(C)Cc2ccccc2O)c1. The Morgan fingerprint density at radius 3 is 2.62 bits per heavy atom. The predicted molar refractivity (Wildman–Crippen MR) is 86.9 cm³/mol. The number of rotatable bonds is 4. The number of hydrogen-bond acceptors (Lipinski definition) is 3. The summed E-state index contributed by atoms with van der Waals surface area (Å²) in [6, 6.07) is 13.0. The van der Waals surface area contributed by atoms with Crippen LogP contribution >= 0.6 is 11.8 Å². The number of phenols is 1. The molecule has 1 N–H and O–H groups in total. The fraction of sp³-hybridized carbons (Fsp3) is 0.235. The number of nitrogens with zero attached hydrogens (tertiary/aromatic N) is 1. The second-order valence-electron chi connectivity index (χ2n) is 4.97. The van der Waals surface area contributed by atoms with Crippen LogP contribution in [0.3, 0.4) is 0 Å². The minimum atomic E-state index is -0.0355. The third kappa shape index (κ3) is 3.58. The molecule has 0 radical (unpaired) electrons. The molecule has 0 bridgehead atoms. The van der Waals surface area contributed by atoms with Crippen molar-refractivity contribution >= 4 is 17.7 Å². The van der Waals surface area contributed by atoms with Crippen LogP contribution in [0.1, 0.15) is 21.5 Å². The Bertz CT molecular complexity index is 655. The van der Waals surface area contributed by atoms with E-state index in [9.17, 15) is 9.90 Å². The van der Waals surface area contributed by atoms with Crippen LogP contribution in [-0.2, 0) is 6.54 Å². The molecule has 0 saturated carbocycles. The van der Waals surface area contributed by atoms with Gasteiger partial charge in [-0.3, -0.25) is 4.79 Å². The van der Waals surface area contributed by atoms with Crippen molar-refractivity contribution < 1.29 is 9.90 Å². The highest BCUT2D eigenvalue weighted by Gasteiger charge is 2.16. The van der Waals surface area contributed by atoms with Crippen LogP contribution in [0.4, 0.5) is 0 Å². The molecule has 0 fully saturated rings. The summed E-state index contributed by atoms with van der Waals surface area (Å²) in [5.41, 5.74) is 2.41. The van der Waals surface area contributed by atoms with Gasteiger partial charge < -0.3 is 10.0 Å². The number of hydrogen-bond donors (Lipinski definition) is 1. The number of carbonyl (C=O) groups is 1. The zero-order valence-electron chi connectivity index (χ0n) is 12.5. The summed E-state index contributed by atoms with van der Waals surface area (Å²) in [4.78, 5) is 15.3. The zero-order valence-corrected chi connectivity index (χ0v) is 13.3. The zero-order chi connectivity index (χ0) is 15.4. The van der Waals surface area contributed by atoms with E-state index in [0.29, 0.717) is 12.1 Å². The molecular formula is C17H19NO2S.